The number of benzene rings is 1. The minimum absolute atomic E-state index is 0.129. The molecule has 0 unspecified atom stereocenters. The summed E-state index contributed by atoms with van der Waals surface area (Å²) >= 11 is 0.891. The van der Waals surface area contributed by atoms with Crippen molar-refractivity contribution in [2.75, 3.05) is 0 Å². The predicted octanol–water partition coefficient (Wildman–Crippen LogP) is 2.23. The van der Waals surface area contributed by atoms with Gasteiger partial charge in [0.05, 0.1) is 0 Å². The molecule has 5 nitrogen and oxygen atoms in total. The van der Waals surface area contributed by atoms with Gasteiger partial charge in [0.1, 0.15) is 9.77 Å². The van der Waals surface area contributed by atoms with E-state index in [9.17, 15) is 13.2 Å². The lowest BCUT2D eigenvalue weighted by Crippen LogP contribution is -2.24. The Bertz CT molecular complexity index is 734. The molecule has 1 heterocycles. The molecule has 0 fully saturated rings. The van der Waals surface area contributed by atoms with Gasteiger partial charge in [0, 0.05) is 6.54 Å². The molecule has 0 radical (unpaired) electrons. The van der Waals surface area contributed by atoms with E-state index >= 15 is 0 Å². The van der Waals surface area contributed by atoms with Crippen molar-refractivity contribution in [2.24, 2.45) is 0 Å². The number of rotatable bonds is 5. The Labute approximate surface area is 120 Å². The van der Waals surface area contributed by atoms with Crippen molar-refractivity contribution >= 4 is 27.3 Å². The molecule has 0 aliphatic heterocycles. The number of carbonyl (C=O) groups is 1. The molecule has 1 aromatic carbocycles. The van der Waals surface area contributed by atoms with Crippen LogP contribution in [0.5, 0.6) is 0 Å². The summed E-state index contributed by atoms with van der Waals surface area (Å²) in [5.41, 5.74) is 1.82. The lowest BCUT2D eigenvalue weighted by molar-refractivity contribution is 0.0698. The van der Waals surface area contributed by atoms with Crippen molar-refractivity contribution in [1.82, 2.24) is 4.72 Å². The average Bonchev–Trinajstić information content (AvgIpc) is 2.88. The molecule has 20 heavy (non-hydrogen) atoms. The summed E-state index contributed by atoms with van der Waals surface area (Å²) in [6.45, 7) is 2.01. The lowest BCUT2D eigenvalue weighted by Gasteiger charge is -2.08. The van der Waals surface area contributed by atoms with E-state index in [0.717, 1.165) is 22.5 Å². The molecule has 106 valence electrons. The summed E-state index contributed by atoms with van der Waals surface area (Å²) in [4.78, 5) is 10.6. The van der Waals surface area contributed by atoms with Gasteiger partial charge in [-0.1, -0.05) is 24.3 Å². The fourth-order valence-corrected chi connectivity index (χ4v) is 3.99. The Morgan fingerprint density at radius 3 is 2.65 bits per heavy atom. The topological polar surface area (TPSA) is 83.5 Å². The summed E-state index contributed by atoms with van der Waals surface area (Å²) in [5, 5.41) is 10.4. The summed E-state index contributed by atoms with van der Waals surface area (Å²) in [6.07, 6.45) is 0. The summed E-state index contributed by atoms with van der Waals surface area (Å²) in [5.74, 6) is -1.24. The van der Waals surface area contributed by atoms with E-state index in [2.05, 4.69) is 4.72 Å². The molecule has 0 bridgehead atoms. The van der Waals surface area contributed by atoms with Crippen LogP contribution in [0.15, 0.2) is 40.6 Å². The highest BCUT2D eigenvalue weighted by atomic mass is 32.2. The first kappa shape index (κ1) is 14.7. The molecule has 0 saturated carbocycles. The molecule has 0 spiro atoms. The van der Waals surface area contributed by atoms with Crippen LogP contribution in [0.2, 0.25) is 0 Å². The van der Waals surface area contributed by atoms with Gasteiger partial charge in [0.15, 0.2) is 0 Å². The van der Waals surface area contributed by atoms with E-state index < -0.39 is 16.0 Å². The minimum atomic E-state index is -3.83. The molecule has 1 aromatic heterocycles. The Morgan fingerprint density at radius 1 is 1.30 bits per heavy atom. The van der Waals surface area contributed by atoms with Crippen molar-refractivity contribution in [2.45, 2.75) is 18.4 Å². The van der Waals surface area contributed by atoms with Gasteiger partial charge in [-0.2, -0.15) is 0 Å². The van der Waals surface area contributed by atoms with Crippen LogP contribution in [-0.4, -0.2) is 19.5 Å². The Hall–Kier alpha value is -1.70. The van der Waals surface area contributed by atoms with Crippen LogP contribution in [0.25, 0.3) is 0 Å². The second kappa shape index (κ2) is 5.74. The number of carboxylic acid groups (broad SMARTS) is 1. The smallest absolute Gasteiger partial charge is 0.347 e. The number of aryl methyl sites for hydroxylation is 1. The van der Waals surface area contributed by atoms with E-state index in [-0.39, 0.29) is 16.3 Å². The maximum atomic E-state index is 12.1. The lowest BCUT2D eigenvalue weighted by atomic mass is 10.1. The molecular weight excluding hydrogens is 298 g/mol. The first-order valence-corrected chi connectivity index (χ1v) is 8.13. The van der Waals surface area contributed by atoms with Crippen molar-refractivity contribution in [3.8, 4) is 0 Å². The molecule has 0 aliphatic carbocycles. The third-order valence-electron chi connectivity index (χ3n) is 2.83. The average molecular weight is 311 g/mol. The van der Waals surface area contributed by atoms with Gasteiger partial charge in [-0.05, 0) is 29.5 Å². The fourth-order valence-electron chi connectivity index (χ4n) is 1.72. The Kier molecular flexibility index (Phi) is 4.22. The van der Waals surface area contributed by atoms with E-state index in [1.807, 2.05) is 31.2 Å². The molecule has 0 atom stereocenters. The molecule has 0 amide bonds. The summed E-state index contributed by atoms with van der Waals surface area (Å²) in [6, 6.07) is 8.70. The van der Waals surface area contributed by atoms with Gasteiger partial charge in [-0.25, -0.2) is 17.9 Å². The van der Waals surface area contributed by atoms with E-state index in [1.54, 1.807) is 0 Å². The maximum absolute atomic E-state index is 12.1. The van der Waals surface area contributed by atoms with Gasteiger partial charge in [0.2, 0.25) is 10.0 Å². The number of hydrogen-bond acceptors (Lipinski definition) is 4. The summed E-state index contributed by atoms with van der Waals surface area (Å²) in [7, 11) is -3.83. The molecule has 7 heteroatoms. The zero-order valence-electron chi connectivity index (χ0n) is 10.7. The van der Waals surface area contributed by atoms with Gasteiger partial charge >= 0.3 is 5.97 Å². The highest BCUT2D eigenvalue weighted by Gasteiger charge is 2.23. The molecule has 2 N–H and O–H groups in total. The molecule has 2 aromatic rings. The number of aromatic carboxylic acids is 1. The number of carboxylic acids is 1. The van der Waals surface area contributed by atoms with Crippen molar-refractivity contribution in [3.63, 3.8) is 0 Å². The first-order valence-electron chi connectivity index (χ1n) is 5.77. The quantitative estimate of drug-likeness (QED) is 0.887. The molecular formula is C13H13NO4S2. The van der Waals surface area contributed by atoms with Gasteiger partial charge in [-0.3, -0.25) is 0 Å². The van der Waals surface area contributed by atoms with E-state index in [0.29, 0.717) is 0 Å². The molecule has 0 aliphatic rings. The number of hydrogen-bond donors (Lipinski definition) is 2. The number of sulfonamides is 1. The van der Waals surface area contributed by atoms with E-state index in [4.69, 9.17) is 5.11 Å². The third-order valence-corrected chi connectivity index (χ3v) is 5.30. The van der Waals surface area contributed by atoms with Crippen LogP contribution in [0, 0.1) is 6.92 Å². The third kappa shape index (κ3) is 3.06. The monoisotopic (exact) mass is 311 g/mol. The fraction of sp³-hybridized carbons (Fsp3) is 0.154. The van der Waals surface area contributed by atoms with Gasteiger partial charge < -0.3 is 5.11 Å². The second-order valence-electron chi connectivity index (χ2n) is 4.17. The van der Waals surface area contributed by atoms with Crippen LogP contribution in [0.4, 0.5) is 0 Å². The molecule has 2 rings (SSSR count). The van der Waals surface area contributed by atoms with Crippen molar-refractivity contribution in [1.29, 1.82) is 0 Å². The first-order chi connectivity index (χ1) is 9.42. The minimum Gasteiger partial charge on any atom is -0.477 e. The zero-order chi connectivity index (χ0) is 14.8. The van der Waals surface area contributed by atoms with Crippen LogP contribution in [0.1, 0.15) is 20.8 Å². The van der Waals surface area contributed by atoms with Crippen LogP contribution < -0.4 is 4.72 Å². The predicted molar refractivity (Wildman–Crippen MR) is 76.5 cm³/mol. The van der Waals surface area contributed by atoms with Gasteiger partial charge in [-0.15, -0.1) is 11.3 Å². The number of nitrogens with one attached hydrogen (secondary N) is 1. The summed E-state index contributed by atoms with van der Waals surface area (Å²) < 4.78 is 26.7. The largest absolute Gasteiger partial charge is 0.477 e. The highest BCUT2D eigenvalue weighted by Crippen LogP contribution is 2.22. The maximum Gasteiger partial charge on any atom is 0.347 e. The van der Waals surface area contributed by atoms with Crippen LogP contribution in [0.3, 0.4) is 0 Å². The highest BCUT2D eigenvalue weighted by molar-refractivity contribution is 7.89. The van der Waals surface area contributed by atoms with Crippen LogP contribution >= 0.6 is 11.3 Å². The number of thiophene rings is 1. The van der Waals surface area contributed by atoms with Gasteiger partial charge in [0.25, 0.3) is 0 Å². The standard InChI is InChI=1S/C13H13NO4S2/c1-9-4-2-3-5-10(9)8-14-20(17,18)11-6-7-19-12(11)13(15)16/h2-7,14H,8H2,1H3,(H,15,16). The SMILES string of the molecule is Cc1ccccc1CNS(=O)(=O)c1ccsc1C(=O)O. The normalized spacial score (nSPS) is 11.4. The van der Waals surface area contributed by atoms with E-state index in [1.165, 1.54) is 11.4 Å². The second-order valence-corrected chi connectivity index (χ2v) is 6.82. The zero-order valence-corrected chi connectivity index (χ0v) is 12.3. The Morgan fingerprint density at radius 2 is 2.00 bits per heavy atom. The van der Waals surface area contributed by atoms with Crippen molar-refractivity contribution in [3.05, 3.63) is 51.7 Å². The van der Waals surface area contributed by atoms with Crippen molar-refractivity contribution < 1.29 is 18.3 Å². The van der Waals surface area contributed by atoms with Crippen LogP contribution in [-0.2, 0) is 16.6 Å². The Balaban J connectivity index is 2.22. The molecule has 0 saturated heterocycles.